The third kappa shape index (κ3) is 5.66. The van der Waals surface area contributed by atoms with Crippen LogP contribution in [0, 0.1) is 0 Å². The molecule has 1 aliphatic rings. The molecule has 1 aliphatic heterocycles. The van der Waals surface area contributed by atoms with E-state index in [9.17, 15) is 9.59 Å². The van der Waals surface area contributed by atoms with Gasteiger partial charge < -0.3 is 15.2 Å². The van der Waals surface area contributed by atoms with Crippen LogP contribution in [-0.2, 0) is 6.61 Å². The van der Waals surface area contributed by atoms with E-state index in [-0.39, 0.29) is 17.6 Å². The number of fused-ring (bicyclic) bond motifs is 1. The number of benzene rings is 3. The summed E-state index contributed by atoms with van der Waals surface area (Å²) in [7, 11) is 0. The maximum absolute atomic E-state index is 12.8. The van der Waals surface area contributed by atoms with Crippen LogP contribution in [0.3, 0.4) is 0 Å². The Kier molecular flexibility index (Phi) is 7.30. The number of ether oxygens (including phenoxy) is 2. The average Bonchev–Trinajstić information content (AvgIpc) is 2.89. The van der Waals surface area contributed by atoms with Gasteiger partial charge in [-0.05, 0) is 47.5 Å². The zero-order valence-electron chi connectivity index (χ0n) is 18.5. The largest absolute Gasteiger partial charge is 0.492 e. The lowest BCUT2D eigenvalue weighted by molar-refractivity contribution is 0.0895. The number of amides is 1. The molecule has 34 heavy (non-hydrogen) atoms. The van der Waals surface area contributed by atoms with Crippen LogP contribution in [-0.4, -0.2) is 23.3 Å². The molecule has 0 saturated heterocycles. The van der Waals surface area contributed by atoms with Crippen molar-refractivity contribution >= 4 is 11.7 Å². The zero-order chi connectivity index (χ0) is 23.8. The second kappa shape index (κ2) is 10.9. The van der Waals surface area contributed by atoms with Gasteiger partial charge in [-0.1, -0.05) is 48.5 Å². The Balaban J connectivity index is 0.000000257. The number of hydrogen-bond acceptors (Lipinski definition) is 5. The Labute approximate surface area is 198 Å². The highest BCUT2D eigenvalue weighted by Gasteiger charge is 2.30. The van der Waals surface area contributed by atoms with Gasteiger partial charge in [0.05, 0.1) is 11.5 Å². The Bertz CT molecular complexity index is 1250. The molecule has 1 amide bonds. The highest BCUT2D eigenvalue weighted by molar-refractivity contribution is 6.04. The summed E-state index contributed by atoms with van der Waals surface area (Å²) in [4.78, 5) is 27.2. The fourth-order valence-electron chi connectivity index (χ4n) is 3.53. The van der Waals surface area contributed by atoms with Crippen LogP contribution in [0.25, 0.3) is 0 Å². The van der Waals surface area contributed by atoms with E-state index < -0.39 is 0 Å². The molecule has 0 bridgehead atoms. The number of pyridine rings is 1. The average molecular weight is 453 g/mol. The molecule has 0 aliphatic carbocycles. The summed E-state index contributed by atoms with van der Waals surface area (Å²) in [5, 5.41) is 0. The van der Waals surface area contributed by atoms with Crippen molar-refractivity contribution in [3.05, 3.63) is 126 Å². The minimum absolute atomic E-state index is 0.0909. The van der Waals surface area contributed by atoms with E-state index in [0.717, 1.165) is 11.1 Å². The fraction of sp³-hybridized carbons (Fsp3) is 0.107. The quantitative estimate of drug-likeness (QED) is 0.469. The number of hydrogen-bond donors (Lipinski definition) is 1. The summed E-state index contributed by atoms with van der Waals surface area (Å²) < 4.78 is 11.6. The van der Waals surface area contributed by atoms with Crippen molar-refractivity contribution in [1.29, 1.82) is 0 Å². The van der Waals surface area contributed by atoms with E-state index in [2.05, 4.69) is 4.98 Å². The highest BCUT2D eigenvalue weighted by Crippen LogP contribution is 2.35. The molecule has 6 heteroatoms. The van der Waals surface area contributed by atoms with Crippen molar-refractivity contribution < 1.29 is 19.1 Å². The minimum Gasteiger partial charge on any atom is -0.492 e. The molecule has 3 aromatic carbocycles. The molecular weight excluding hydrogens is 428 g/mol. The normalized spacial score (nSPS) is 14.1. The van der Waals surface area contributed by atoms with Crippen LogP contribution in [0.1, 0.15) is 37.8 Å². The maximum Gasteiger partial charge on any atom is 0.248 e. The monoisotopic (exact) mass is 452 g/mol. The summed E-state index contributed by atoms with van der Waals surface area (Å²) in [5.41, 5.74) is 8.15. The fourth-order valence-corrected chi connectivity index (χ4v) is 3.53. The van der Waals surface area contributed by atoms with Crippen molar-refractivity contribution in [3.63, 3.8) is 0 Å². The summed E-state index contributed by atoms with van der Waals surface area (Å²) >= 11 is 0. The Morgan fingerprint density at radius 2 is 1.62 bits per heavy atom. The van der Waals surface area contributed by atoms with Gasteiger partial charge in [0, 0.05) is 24.0 Å². The molecule has 1 unspecified atom stereocenters. The number of carbonyl (C=O) groups excluding carboxylic acids is 2. The van der Waals surface area contributed by atoms with E-state index in [4.69, 9.17) is 15.2 Å². The van der Waals surface area contributed by atoms with Gasteiger partial charge in [0.1, 0.15) is 24.7 Å². The number of ketones is 1. The first kappa shape index (κ1) is 22.7. The van der Waals surface area contributed by atoms with Crippen LogP contribution in [0.15, 0.2) is 103 Å². The van der Waals surface area contributed by atoms with E-state index in [0.29, 0.717) is 35.8 Å². The van der Waals surface area contributed by atoms with Crippen LogP contribution < -0.4 is 15.2 Å². The SMILES string of the molecule is NC(=O)c1ccccc1.O=C1c2ccc(OCc3ccncc3)cc2OCC1c1ccccc1. The van der Waals surface area contributed by atoms with E-state index in [1.807, 2.05) is 54.6 Å². The van der Waals surface area contributed by atoms with Crippen LogP contribution in [0.2, 0.25) is 0 Å². The summed E-state index contributed by atoms with van der Waals surface area (Å²) in [6.45, 7) is 0.797. The number of nitrogens with two attached hydrogens (primary N) is 1. The number of carbonyl (C=O) groups is 2. The smallest absolute Gasteiger partial charge is 0.248 e. The van der Waals surface area contributed by atoms with Gasteiger partial charge >= 0.3 is 0 Å². The molecule has 6 nitrogen and oxygen atoms in total. The minimum atomic E-state index is -0.379. The van der Waals surface area contributed by atoms with Gasteiger partial charge in [-0.3, -0.25) is 14.6 Å². The molecular formula is C28H24N2O4. The lowest BCUT2D eigenvalue weighted by Gasteiger charge is -2.24. The lowest BCUT2D eigenvalue weighted by Crippen LogP contribution is -2.26. The van der Waals surface area contributed by atoms with E-state index >= 15 is 0 Å². The van der Waals surface area contributed by atoms with E-state index in [1.165, 1.54) is 0 Å². The van der Waals surface area contributed by atoms with Crippen molar-refractivity contribution in [2.45, 2.75) is 12.5 Å². The molecule has 1 atom stereocenters. The van der Waals surface area contributed by atoms with Crippen molar-refractivity contribution in [3.8, 4) is 11.5 Å². The van der Waals surface area contributed by atoms with Gasteiger partial charge in [-0.2, -0.15) is 0 Å². The Morgan fingerprint density at radius 1 is 0.941 bits per heavy atom. The van der Waals surface area contributed by atoms with Gasteiger partial charge in [-0.25, -0.2) is 0 Å². The number of Topliss-reactive ketones (excluding diaryl/α,β-unsaturated/α-hetero) is 1. The molecule has 0 saturated carbocycles. The number of nitrogens with zero attached hydrogens (tertiary/aromatic N) is 1. The molecule has 2 N–H and O–H groups in total. The predicted octanol–water partition coefficient (Wildman–Crippen LogP) is 4.81. The topological polar surface area (TPSA) is 91.5 Å². The van der Waals surface area contributed by atoms with Gasteiger partial charge in [0.15, 0.2) is 5.78 Å². The first-order valence-corrected chi connectivity index (χ1v) is 10.8. The molecule has 0 fully saturated rings. The van der Waals surface area contributed by atoms with Crippen LogP contribution in [0.5, 0.6) is 11.5 Å². The second-order valence-corrected chi connectivity index (χ2v) is 7.67. The number of aromatic nitrogens is 1. The summed E-state index contributed by atoms with van der Waals surface area (Å²) in [6, 6.07) is 27.7. The molecule has 2 heterocycles. The highest BCUT2D eigenvalue weighted by atomic mass is 16.5. The number of rotatable bonds is 5. The van der Waals surface area contributed by atoms with Crippen molar-refractivity contribution in [1.82, 2.24) is 4.98 Å². The van der Waals surface area contributed by atoms with Gasteiger partial charge in [0.25, 0.3) is 0 Å². The third-order valence-corrected chi connectivity index (χ3v) is 5.36. The maximum atomic E-state index is 12.8. The van der Waals surface area contributed by atoms with Crippen molar-refractivity contribution in [2.75, 3.05) is 6.61 Å². The Hall–Kier alpha value is -4.45. The molecule has 4 aromatic rings. The first-order valence-electron chi connectivity index (χ1n) is 10.8. The van der Waals surface area contributed by atoms with Gasteiger partial charge in [0.2, 0.25) is 5.91 Å². The van der Waals surface area contributed by atoms with Gasteiger partial charge in [-0.15, -0.1) is 0 Å². The molecule has 1 aromatic heterocycles. The molecule has 170 valence electrons. The second-order valence-electron chi connectivity index (χ2n) is 7.67. The summed E-state index contributed by atoms with van der Waals surface area (Å²) in [5.74, 6) is 0.729. The first-order chi connectivity index (χ1) is 16.6. The molecule has 5 rings (SSSR count). The van der Waals surface area contributed by atoms with Crippen LogP contribution in [0.4, 0.5) is 0 Å². The molecule has 0 spiro atoms. The standard InChI is InChI=1S/C21H17NO3.C7H7NO/c23-21-18-7-6-17(24-13-15-8-10-22-11-9-15)12-20(18)25-14-19(21)16-4-2-1-3-5-16;8-7(9)6-4-2-1-3-5-6/h1-12,19H,13-14H2;1-5H,(H2,8,9). The zero-order valence-corrected chi connectivity index (χ0v) is 18.5. The molecule has 0 radical (unpaired) electrons. The summed E-state index contributed by atoms with van der Waals surface area (Å²) in [6.07, 6.45) is 3.47. The van der Waals surface area contributed by atoms with Crippen molar-refractivity contribution in [2.24, 2.45) is 5.73 Å². The lowest BCUT2D eigenvalue weighted by atomic mass is 9.89. The predicted molar refractivity (Wildman–Crippen MR) is 129 cm³/mol. The van der Waals surface area contributed by atoms with Crippen LogP contribution >= 0.6 is 0 Å². The number of primary amides is 1. The third-order valence-electron chi connectivity index (χ3n) is 5.36. The Morgan fingerprint density at radius 3 is 2.26 bits per heavy atom. The van der Waals surface area contributed by atoms with E-state index in [1.54, 1.807) is 48.8 Å².